The van der Waals surface area contributed by atoms with Crippen molar-refractivity contribution in [1.29, 1.82) is 0 Å². The summed E-state index contributed by atoms with van der Waals surface area (Å²) in [5, 5.41) is -0.0465. The van der Waals surface area contributed by atoms with Crippen LogP contribution >= 0.6 is 27.5 Å². The molecule has 2 aliphatic rings. The zero-order chi connectivity index (χ0) is 14.6. The first kappa shape index (κ1) is 14.1. The van der Waals surface area contributed by atoms with Crippen molar-refractivity contribution in [3.8, 4) is 0 Å². The maximum absolute atomic E-state index is 6.39. The van der Waals surface area contributed by atoms with Crippen molar-refractivity contribution in [2.45, 2.75) is 44.5 Å². The van der Waals surface area contributed by atoms with E-state index >= 15 is 0 Å². The van der Waals surface area contributed by atoms with Gasteiger partial charge in [0.2, 0.25) is 0 Å². The van der Waals surface area contributed by atoms with Crippen LogP contribution in [0.4, 0.5) is 0 Å². The van der Waals surface area contributed by atoms with Crippen molar-refractivity contribution in [3.05, 3.63) is 28.5 Å². The van der Waals surface area contributed by atoms with Gasteiger partial charge in [-0.3, -0.25) is 0 Å². The van der Waals surface area contributed by atoms with E-state index in [1.165, 1.54) is 31.2 Å². The molecule has 2 bridgehead atoms. The van der Waals surface area contributed by atoms with Gasteiger partial charge in [0.1, 0.15) is 5.82 Å². The van der Waals surface area contributed by atoms with Crippen LogP contribution in [0, 0.1) is 17.8 Å². The summed E-state index contributed by atoms with van der Waals surface area (Å²) in [5.74, 6) is 3.75. The third-order valence-electron chi connectivity index (χ3n) is 5.40. The molecule has 1 heterocycles. The molecule has 2 aromatic rings. The van der Waals surface area contributed by atoms with Crippen molar-refractivity contribution >= 4 is 38.6 Å². The standard InChI is InChI=1S/C17H20BrClN2/c1-10(19)17-20-15-5-4-14(18)8-16(15)21(17)9-13-7-11-2-3-12(13)6-11/h4-5,8,10-13H,2-3,6-7,9H2,1H3. The molecular formula is C17H20BrClN2. The summed E-state index contributed by atoms with van der Waals surface area (Å²) in [6.45, 7) is 3.11. The molecule has 4 rings (SSSR count). The van der Waals surface area contributed by atoms with Gasteiger partial charge in [0.05, 0.1) is 16.4 Å². The number of nitrogens with zero attached hydrogens (tertiary/aromatic N) is 2. The van der Waals surface area contributed by atoms with E-state index < -0.39 is 0 Å². The molecule has 0 aliphatic heterocycles. The number of imidazole rings is 1. The third-order valence-corrected chi connectivity index (χ3v) is 6.09. The molecule has 0 spiro atoms. The number of benzene rings is 1. The second-order valence-corrected chi connectivity index (χ2v) is 8.33. The van der Waals surface area contributed by atoms with Crippen molar-refractivity contribution in [1.82, 2.24) is 9.55 Å². The summed E-state index contributed by atoms with van der Waals surface area (Å²) in [7, 11) is 0. The lowest BCUT2D eigenvalue weighted by Crippen LogP contribution is -2.19. The third kappa shape index (κ3) is 2.43. The molecule has 112 valence electrons. The lowest BCUT2D eigenvalue weighted by atomic mass is 9.88. The molecule has 0 radical (unpaired) electrons. The Morgan fingerprint density at radius 1 is 1.38 bits per heavy atom. The molecule has 4 atom stereocenters. The minimum absolute atomic E-state index is 0.0465. The predicted molar refractivity (Wildman–Crippen MR) is 90.6 cm³/mol. The molecular weight excluding hydrogens is 348 g/mol. The van der Waals surface area contributed by atoms with Crippen LogP contribution in [0.3, 0.4) is 0 Å². The van der Waals surface area contributed by atoms with E-state index in [1.54, 1.807) is 0 Å². The molecule has 4 heteroatoms. The quantitative estimate of drug-likeness (QED) is 0.652. The molecule has 1 aromatic heterocycles. The molecule has 0 amide bonds. The number of alkyl halides is 1. The fourth-order valence-electron chi connectivity index (χ4n) is 4.44. The Hall–Kier alpha value is -0.540. The van der Waals surface area contributed by atoms with Crippen molar-refractivity contribution < 1.29 is 0 Å². The van der Waals surface area contributed by atoms with E-state index in [0.29, 0.717) is 0 Å². The highest BCUT2D eigenvalue weighted by Crippen LogP contribution is 2.49. The highest BCUT2D eigenvalue weighted by atomic mass is 79.9. The lowest BCUT2D eigenvalue weighted by Gasteiger charge is -2.23. The second-order valence-electron chi connectivity index (χ2n) is 6.76. The number of rotatable bonds is 3. The fourth-order valence-corrected chi connectivity index (χ4v) is 4.96. The van der Waals surface area contributed by atoms with Crippen LogP contribution in [0.2, 0.25) is 0 Å². The normalized spacial score (nSPS) is 29.4. The topological polar surface area (TPSA) is 17.8 Å². The zero-order valence-corrected chi connectivity index (χ0v) is 14.6. The Morgan fingerprint density at radius 3 is 2.90 bits per heavy atom. The van der Waals surface area contributed by atoms with Crippen LogP contribution in [-0.2, 0) is 6.54 Å². The minimum atomic E-state index is -0.0465. The first-order valence-corrected chi connectivity index (χ1v) is 9.14. The Labute approximate surface area is 139 Å². The molecule has 4 unspecified atom stereocenters. The summed E-state index contributed by atoms with van der Waals surface area (Å²) in [4.78, 5) is 4.77. The van der Waals surface area contributed by atoms with E-state index in [4.69, 9.17) is 16.6 Å². The lowest BCUT2D eigenvalue weighted by molar-refractivity contribution is 0.295. The summed E-state index contributed by atoms with van der Waals surface area (Å²) < 4.78 is 3.49. The number of hydrogen-bond acceptors (Lipinski definition) is 1. The number of hydrogen-bond donors (Lipinski definition) is 0. The monoisotopic (exact) mass is 366 g/mol. The average molecular weight is 368 g/mol. The van der Waals surface area contributed by atoms with Crippen molar-refractivity contribution in [3.63, 3.8) is 0 Å². The van der Waals surface area contributed by atoms with Gasteiger partial charge >= 0.3 is 0 Å². The number of halogens is 2. The summed E-state index contributed by atoms with van der Waals surface area (Å²) in [5.41, 5.74) is 2.28. The Morgan fingerprint density at radius 2 is 2.24 bits per heavy atom. The molecule has 2 fully saturated rings. The van der Waals surface area contributed by atoms with Crippen LogP contribution < -0.4 is 0 Å². The van der Waals surface area contributed by atoms with Crippen LogP contribution in [0.15, 0.2) is 22.7 Å². The van der Waals surface area contributed by atoms with Crippen LogP contribution in [0.25, 0.3) is 11.0 Å². The van der Waals surface area contributed by atoms with Crippen LogP contribution in [0.1, 0.15) is 43.8 Å². The minimum Gasteiger partial charge on any atom is -0.326 e. The number of aromatic nitrogens is 2. The van der Waals surface area contributed by atoms with E-state index in [0.717, 1.165) is 40.1 Å². The van der Waals surface area contributed by atoms with Gasteiger partial charge in [-0.05, 0) is 62.1 Å². The van der Waals surface area contributed by atoms with Crippen molar-refractivity contribution in [2.75, 3.05) is 0 Å². The van der Waals surface area contributed by atoms with Gasteiger partial charge in [-0.1, -0.05) is 22.4 Å². The fraction of sp³-hybridized carbons (Fsp3) is 0.588. The van der Waals surface area contributed by atoms with Crippen LogP contribution in [0.5, 0.6) is 0 Å². The Balaban J connectivity index is 1.75. The van der Waals surface area contributed by atoms with Gasteiger partial charge in [0, 0.05) is 11.0 Å². The maximum Gasteiger partial charge on any atom is 0.127 e. The van der Waals surface area contributed by atoms with Gasteiger partial charge in [-0.25, -0.2) is 4.98 Å². The van der Waals surface area contributed by atoms with E-state index in [9.17, 15) is 0 Å². The Bertz CT molecular complexity index is 679. The van der Waals surface area contributed by atoms with Crippen molar-refractivity contribution in [2.24, 2.45) is 17.8 Å². The highest BCUT2D eigenvalue weighted by molar-refractivity contribution is 9.10. The summed E-state index contributed by atoms with van der Waals surface area (Å²) >= 11 is 9.97. The molecule has 2 nitrogen and oxygen atoms in total. The van der Waals surface area contributed by atoms with Gasteiger partial charge in [0.15, 0.2) is 0 Å². The molecule has 0 N–H and O–H groups in total. The SMILES string of the molecule is CC(Cl)c1nc2ccc(Br)cc2n1CC1CC2CCC1C2. The smallest absolute Gasteiger partial charge is 0.127 e. The Kier molecular flexibility index (Phi) is 3.54. The molecule has 2 aliphatic carbocycles. The first-order valence-electron chi connectivity index (χ1n) is 7.91. The zero-order valence-electron chi connectivity index (χ0n) is 12.2. The van der Waals surface area contributed by atoms with Gasteiger partial charge in [-0.15, -0.1) is 11.6 Å². The number of fused-ring (bicyclic) bond motifs is 3. The van der Waals surface area contributed by atoms with E-state index in [2.05, 4.69) is 38.7 Å². The highest BCUT2D eigenvalue weighted by Gasteiger charge is 2.39. The largest absolute Gasteiger partial charge is 0.326 e. The molecule has 1 aromatic carbocycles. The van der Waals surface area contributed by atoms with E-state index in [-0.39, 0.29) is 5.38 Å². The van der Waals surface area contributed by atoms with Crippen LogP contribution in [-0.4, -0.2) is 9.55 Å². The molecule has 21 heavy (non-hydrogen) atoms. The molecule has 0 saturated heterocycles. The molecule has 2 saturated carbocycles. The van der Waals surface area contributed by atoms with Gasteiger partial charge in [0.25, 0.3) is 0 Å². The predicted octanol–water partition coefficient (Wildman–Crippen LogP) is 5.53. The summed E-state index contributed by atoms with van der Waals surface area (Å²) in [6.07, 6.45) is 5.73. The van der Waals surface area contributed by atoms with Gasteiger partial charge in [-0.2, -0.15) is 0 Å². The van der Waals surface area contributed by atoms with E-state index in [1.807, 2.05) is 6.92 Å². The van der Waals surface area contributed by atoms with Gasteiger partial charge < -0.3 is 4.57 Å². The maximum atomic E-state index is 6.39. The summed E-state index contributed by atoms with van der Waals surface area (Å²) in [6, 6.07) is 6.32. The first-order chi connectivity index (χ1) is 10.1. The average Bonchev–Trinajstić information content (AvgIpc) is 3.13. The second kappa shape index (κ2) is 5.27.